The first-order valence-electron chi connectivity index (χ1n) is 8.70. The minimum Gasteiger partial charge on any atom is -0.478 e. The summed E-state index contributed by atoms with van der Waals surface area (Å²) < 4.78 is 28.1. The fraction of sp³-hybridized carbons (Fsp3) is 0.611. The first-order valence-corrected chi connectivity index (χ1v) is 10.2. The van der Waals surface area contributed by atoms with Crippen LogP contribution < -0.4 is 4.72 Å². The molecule has 1 aromatic carbocycles. The monoisotopic (exact) mass is 368 g/mol. The van der Waals surface area contributed by atoms with Gasteiger partial charge in [-0.2, -0.15) is 0 Å². The number of likely N-dealkylation sites (tertiary alicyclic amines) is 1. The zero-order valence-electron chi connectivity index (χ0n) is 15.4. The molecule has 1 aromatic rings. The van der Waals surface area contributed by atoms with E-state index < -0.39 is 16.0 Å². The molecule has 6 nitrogen and oxygen atoms in total. The molecule has 2 N–H and O–H groups in total. The summed E-state index contributed by atoms with van der Waals surface area (Å²) in [6, 6.07) is 2.83. The lowest BCUT2D eigenvalue weighted by Gasteiger charge is -2.35. The number of nitrogens with zero attached hydrogens (tertiary/aromatic N) is 1. The van der Waals surface area contributed by atoms with Crippen LogP contribution in [0.15, 0.2) is 17.0 Å². The van der Waals surface area contributed by atoms with Gasteiger partial charge in [0.1, 0.15) is 0 Å². The molecule has 1 saturated heterocycles. The lowest BCUT2D eigenvalue weighted by atomic mass is 9.99. The number of piperidine rings is 1. The Bertz CT molecular complexity index is 746. The van der Waals surface area contributed by atoms with Gasteiger partial charge in [0, 0.05) is 19.1 Å². The number of sulfonamides is 1. The van der Waals surface area contributed by atoms with Gasteiger partial charge in [0.2, 0.25) is 10.0 Å². The van der Waals surface area contributed by atoms with Gasteiger partial charge < -0.3 is 5.11 Å². The van der Waals surface area contributed by atoms with E-state index in [9.17, 15) is 18.3 Å². The molecule has 2 unspecified atom stereocenters. The highest BCUT2D eigenvalue weighted by Gasteiger charge is 2.24. The third-order valence-corrected chi connectivity index (χ3v) is 6.59. The number of aromatic carboxylic acids is 1. The molecule has 7 heteroatoms. The Morgan fingerprint density at radius 3 is 2.68 bits per heavy atom. The van der Waals surface area contributed by atoms with Gasteiger partial charge in [-0.25, -0.2) is 17.9 Å². The first-order chi connectivity index (χ1) is 11.6. The Balaban J connectivity index is 2.15. The molecule has 0 spiro atoms. The summed E-state index contributed by atoms with van der Waals surface area (Å²) in [5, 5.41) is 9.18. The van der Waals surface area contributed by atoms with Crippen molar-refractivity contribution in [2.45, 2.75) is 51.5 Å². The third-order valence-electron chi connectivity index (χ3n) is 5.04. The molecule has 0 amide bonds. The van der Waals surface area contributed by atoms with Gasteiger partial charge in [0.15, 0.2) is 0 Å². The Morgan fingerprint density at radius 1 is 1.40 bits per heavy atom. The van der Waals surface area contributed by atoms with Gasteiger partial charge in [-0.1, -0.05) is 6.92 Å². The van der Waals surface area contributed by atoms with Crippen molar-refractivity contribution in [1.29, 1.82) is 0 Å². The minimum absolute atomic E-state index is 0.0126. The van der Waals surface area contributed by atoms with E-state index in [2.05, 4.69) is 16.5 Å². The van der Waals surface area contributed by atoms with Crippen molar-refractivity contribution >= 4 is 16.0 Å². The average Bonchev–Trinajstić information content (AvgIpc) is 2.54. The standard InChI is InChI=1S/C18H28N2O4S/c1-12-6-5-7-20(11-12)14(3)10-19-25(23,24)17-9-16(18(21)22)8-13(2)15(17)4/h8-9,12,14,19H,5-7,10-11H2,1-4H3,(H,21,22). The number of carbonyl (C=O) groups is 1. The zero-order valence-corrected chi connectivity index (χ0v) is 16.2. The lowest BCUT2D eigenvalue weighted by molar-refractivity contribution is 0.0696. The number of carboxylic acids is 1. The van der Waals surface area contributed by atoms with Gasteiger partial charge in [-0.3, -0.25) is 4.90 Å². The van der Waals surface area contributed by atoms with Crippen LogP contribution in [0.1, 0.15) is 48.2 Å². The smallest absolute Gasteiger partial charge is 0.335 e. The van der Waals surface area contributed by atoms with Crippen molar-refractivity contribution in [3.8, 4) is 0 Å². The van der Waals surface area contributed by atoms with E-state index in [1.165, 1.54) is 18.6 Å². The Labute approximate surface area is 150 Å². The van der Waals surface area contributed by atoms with Crippen LogP contribution in [0.25, 0.3) is 0 Å². The van der Waals surface area contributed by atoms with Crippen molar-refractivity contribution in [1.82, 2.24) is 9.62 Å². The lowest BCUT2D eigenvalue weighted by Crippen LogP contribution is -2.46. The predicted octanol–water partition coefficient (Wildman–Crippen LogP) is 2.40. The minimum atomic E-state index is -3.76. The van der Waals surface area contributed by atoms with Crippen LogP contribution in [0.2, 0.25) is 0 Å². The molecule has 0 bridgehead atoms. The molecule has 0 saturated carbocycles. The van der Waals surface area contributed by atoms with E-state index in [-0.39, 0.29) is 16.5 Å². The van der Waals surface area contributed by atoms with E-state index in [1.807, 2.05) is 6.92 Å². The van der Waals surface area contributed by atoms with Gasteiger partial charge in [0.05, 0.1) is 10.5 Å². The Morgan fingerprint density at radius 2 is 2.08 bits per heavy atom. The highest BCUT2D eigenvalue weighted by atomic mass is 32.2. The van der Waals surface area contributed by atoms with Crippen molar-refractivity contribution in [3.05, 3.63) is 28.8 Å². The van der Waals surface area contributed by atoms with Crippen molar-refractivity contribution in [2.75, 3.05) is 19.6 Å². The summed E-state index contributed by atoms with van der Waals surface area (Å²) in [5.74, 6) is -0.500. The summed E-state index contributed by atoms with van der Waals surface area (Å²) in [5.41, 5.74) is 1.22. The number of nitrogens with one attached hydrogen (secondary N) is 1. The van der Waals surface area contributed by atoms with Crippen LogP contribution in [-0.2, 0) is 10.0 Å². The molecule has 140 valence electrons. The van der Waals surface area contributed by atoms with Crippen LogP contribution in [0.4, 0.5) is 0 Å². The van der Waals surface area contributed by atoms with E-state index >= 15 is 0 Å². The molecule has 0 aliphatic carbocycles. The average molecular weight is 368 g/mol. The molecule has 0 aromatic heterocycles. The molecule has 0 radical (unpaired) electrons. The van der Waals surface area contributed by atoms with Crippen LogP contribution in [0, 0.1) is 19.8 Å². The topological polar surface area (TPSA) is 86.7 Å². The largest absolute Gasteiger partial charge is 0.478 e. The maximum Gasteiger partial charge on any atom is 0.335 e. The fourth-order valence-corrected chi connectivity index (χ4v) is 4.76. The first kappa shape index (κ1) is 19.9. The molecule has 1 fully saturated rings. The summed E-state index contributed by atoms with van der Waals surface area (Å²) in [7, 11) is -3.76. The number of hydrogen-bond acceptors (Lipinski definition) is 4. The zero-order chi connectivity index (χ0) is 18.8. The molecule has 25 heavy (non-hydrogen) atoms. The van der Waals surface area contributed by atoms with Crippen molar-refractivity contribution in [3.63, 3.8) is 0 Å². The van der Waals surface area contributed by atoms with Gasteiger partial charge in [0.25, 0.3) is 0 Å². The fourth-order valence-electron chi connectivity index (χ4n) is 3.29. The summed E-state index contributed by atoms with van der Waals surface area (Å²) in [4.78, 5) is 13.6. The second kappa shape index (κ2) is 7.85. The highest BCUT2D eigenvalue weighted by Crippen LogP contribution is 2.22. The van der Waals surface area contributed by atoms with E-state index in [0.29, 0.717) is 23.6 Å². The predicted molar refractivity (Wildman–Crippen MR) is 97.5 cm³/mol. The molecule has 2 rings (SSSR count). The number of carboxylic acid groups (broad SMARTS) is 1. The molecule has 2 atom stereocenters. The maximum atomic E-state index is 12.7. The van der Waals surface area contributed by atoms with Crippen LogP contribution in [0.3, 0.4) is 0 Å². The third kappa shape index (κ3) is 4.80. The Kier molecular flexibility index (Phi) is 6.24. The normalized spacial score (nSPS) is 20.4. The second-order valence-electron chi connectivity index (χ2n) is 7.16. The van der Waals surface area contributed by atoms with Gasteiger partial charge in [-0.15, -0.1) is 0 Å². The van der Waals surface area contributed by atoms with Gasteiger partial charge in [-0.05, 0) is 69.3 Å². The quantitative estimate of drug-likeness (QED) is 0.805. The number of hydrogen-bond donors (Lipinski definition) is 2. The van der Waals surface area contributed by atoms with Crippen LogP contribution in [0.5, 0.6) is 0 Å². The van der Waals surface area contributed by atoms with Crippen LogP contribution >= 0.6 is 0 Å². The number of aryl methyl sites for hydroxylation is 1. The van der Waals surface area contributed by atoms with E-state index in [0.717, 1.165) is 19.5 Å². The molecular weight excluding hydrogens is 340 g/mol. The SMILES string of the molecule is Cc1cc(C(=O)O)cc(S(=O)(=O)NCC(C)N2CCCC(C)C2)c1C. The second-order valence-corrected chi connectivity index (χ2v) is 8.90. The summed E-state index contributed by atoms with van der Waals surface area (Å²) >= 11 is 0. The Hall–Kier alpha value is -1.44. The van der Waals surface area contributed by atoms with Crippen LogP contribution in [-0.4, -0.2) is 50.1 Å². The number of benzene rings is 1. The molecule has 1 aliphatic rings. The summed E-state index contributed by atoms with van der Waals surface area (Å²) in [6.07, 6.45) is 2.35. The highest BCUT2D eigenvalue weighted by molar-refractivity contribution is 7.89. The van der Waals surface area contributed by atoms with Gasteiger partial charge >= 0.3 is 5.97 Å². The molecule has 1 aliphatic heterocycles. The molecular formula is C18H28N2O4S. The van der Waals surface area contributed by atoms with Crippen molar-refractivity contribution < 1.29 is 18.3 Å². The maximum absolute atomic E-state index is 12.7. The van der Waals surface area contributed by atoms with E-state index in [1.54, 1.807) is 13.8 Å². The number of rotatable bonds is 6. The summed E-state index contributed by atoms with van der Waals surface area (Å²) in [6.45, 7) is 9.93. The van der Waals surface area contributed by atoms with Crippen molar-refractivity contribution in [2.24, 2.45) is 5.92 Å². The molecule has 1 heterocycles. The van der Waals surface area contributed by atoms with E-state index in [4.69, 9.17) is 0 Å².